The summed E-state index contributed by atoms with van der Waals surface area (Å²) < 4.78 is 11.5. The van der Waals surface area contributed by atoms with Crippen LogP contribution >= 0.6 is 0 Å². The molecule has 0 heterocycles. The highest BCUT2D eigenvalue weighted by Gasteiger charge is 2.12. The van der Waals surface area contributed by atoms with Crippen LogP contribution < -0.4 is 4.74 Å². The van der Waals surface area contributed by atoms with Crippen molar-refractivity contribution in [2.75, 3.05) is 6.61 Å². The molecule has 3 rings (SSSR count). The van der Waals surface area contributed by atoms with Gasteiger partial charge in [0.15, 0.2) is 0 Å². The molecule has 31 heavy (non-hydrogen) atoms. The number of para-hydroxylation sites is 1. The maximum atomic E-state index is 12.6. The Labute approximate surface area is 186 Å². The highest BCUT2D eigenvalue weighted by Crippen LogP contribution is 2.25. The second kappa shape index (κ2) is 11.5. The third kappa shape index (κ3) is 6.28. The van der Waals surface area contributed by atoms with E-state index in [0.29, 0.717) is 11.3 Å². The van der Waals surface area contributed by atoms with Crippen molar-refractivity contribution in [1.82, 2.24) is 0 Å². The van der Waals surface area contributed by atoms with Crippen LogP contribution in [0.2, 0.25) is 0 Å². The van der Waals surface area contributed by atoms with Gasteiger partial charge in [-0.05, 0) is 60.2 Å². The van der Waals surface area contributed by atoms with Crippen molar-refractivity contribution in [3.05, 3.63) is 89.5 Å². The first-order chi connectivity index (χ1) is 15.1. The lowest BCUT2D eigenvalue weighted by atomic mass is 10.0. The summed E-state index contributed by atoms with van der Waals surface area (Å²) in [4.78, 5) is 12.6. The van der Waals surface area contributed by atoms with Gasteiger partial charge in [0.1, 0.15) is 5.75 Å². The Kier molecular flexibility index (Phi) is 8.43. The van der Waals surface area contributed by atoms with Crippen LogP contribution in [-0.2, 0) is 11.2 Å². The highest BCUT2D eigenvalue weighted by atomic mass is 16.5. The first-order valence-electron chi connectivity index (χ1n) is 11.2. The maximum Gasteiger partial charge on any atom is 0.343 e. The van der Waals surface area contributed by atoms with E-state index in [1.807, 2.05) is 48.5 Å². The topological polar surface area (TPSA) is 35.5 Å². The monoisotopic (exact) mass is 416 g/mol. The smallest absolute Gasteiger partial charge is 0.343 e. The molecule has 1 atom stereocenters. The molecule has 0 spiro atoms. The number of esters is 1. The van der Waals surface area contributed by atoms with Crippen LogP contribution in [0.3, 0.4) is 0 Å². The fourth-order valence-corrected chi connectivity index (χ4v) is 3.48. The second-order valence-corrected chi connectivity index (χ2v) is 7.81. The molecule has 1 unspecified atom stereocenters. The minimum Gasteiger partial charge on any atom is -0.423 e. The second-order valence-electron chi connectivity index (χ2n) is 7.81. The molecule has 0 radical (unpaired) electrons. The SMILES string of the molecule is CCCCOC(C)c1ccc(-c2ccc(C(=O)Oc3ccccc3CCC)cc2)cc1. The van der Waals surface area contributed by atoms with Crippen molar-refractivity contribution in [2.24, 2.45) is 0 Å². The quantitative estimate of drug-likeness (QED) is 0.196. The van der Waals surface area contributed by atoms with Gasteiger partial charge in [0.05, 0.1) is 11.7 Å². The van der Waals surface area contributed by atoms with Crippen molar-refractivity contribution < 1.29 is 14.3 Å². The lowest BCUT2D eigenvalue weighted by Crippen LogP contribution is -2.09. The summed E-state index contributed by atoms with van der Waals surface area (Å²) in [5, 5.41) is 0. The van der Waals surface area contributed by atoms with Crippen LogP contribution in [0.15, 0.2) is 72.8 Å². The molecule has 0 aliphatic heterocycles. The Bertz CT molecular complexity index is 958. The first-order valence-corrected chi connectivity index (χ1v) is 11.2. The van der Waals surface area contributed by atoms with Crippen molar-refractivity contribution in [1.29, 1.82) is 0 Å². The van der Waals surface area contributed by atoms with E-state index in [1.165, 1.54) is 5.56 Å². The number of carbonyl (C=O) groups is 1. The Morgan fingerprint density at radius 2 is 1.48 bits per heavy atom. The molecule has 3 aromatic rings. The van der Waals surface area contributed by atoms with E-state index in [1.54, 1.807) is 0 Å². The summed E-state index contributed by atoms with van der Waals surface area (Å²) in [5.41, 5.74) is 4.95. The molecule has 0 bridgehead atoms. The van der Waals surface area contributed by atoms with E-state index < -0.39 is 0 Å². The molecule has 162 valence electrons. The fourth-order valence-electron chi connectivity index (χ4n) is 3.48. The third-order valence-electron chi connectivity index (χ3n) is 5.39. The molecular weight excluding hydrogens is 384 g/mol. The third-order valence-corrected chi connectivity index (χ3v) is 5.39. The van der Waals surface area contributed by atoms with Gasteiger partial charge in [0, 0.05) is 6.61 Å². The molecule has 3 nitrogen and oxygen atoms in total. The van der Waals surface area contributed by atoms with Gasteiger partial charge in [0.2, 0.25) is 0 Å². The Balaban J connectivity index is 1.65. The minimum absolute atomic E-state index is 0.0910. The molecule has 0 aliphatic rings. The van der Waals surface area contributed by atoms with Gasteiger partial charge in [-0.15, -0.1) is 0 Å². The molecule has 3 aromatic carbocycles. The summed E-state index contributed by atoms with van der Waals surface area (Å²) in [6.07, 6.45) is 4.21. The van der Waals surface area contributed by atoms with Crippen LogP contribution in [0, 0.1) is 0 Å². The molecule has 0 aromatic heterocycles. The zero-order valence-electron chi connectivity index (χ0n) is 18.8. The van der Waals surface area contributed by atoms with Gasteiger partial charge < -0.3 is 9.47 Å². The fraction of sp³-hybridized carbons (Fsp3) is 0.321. The van der Waals surface area contributed by atoms with Gasteiger partial charge in [0.25, 0.3) is 0 Å². The number of ether oxygens (including phenoxy) is 2. The molecule has 0 N–H and O–H groups in total. The largest absolute Gasteiger partial charge is 0.423 e. The van der Waals surface area contributed by atoms with Crippen molar-refractivity contribution in [2.45, 2.75) is 52.6 Å². The van der Waals surface area contributed by atoms with E-state index in [-0.39, 0.29) is 12.1 Å². The van der Waals surface area contributed by atoms with Crippen molar-refractivity contribution >= 4 is 5.97 Å². The zero-order valence-corrected chi connectivity index (χ0v) is 18.8. The van der Waals surface area contributed by atoms with Crippen LogP contribution in [0.25, 0.3) is 11.1 Å². The van der Waals surface area contributed by atoms with Crippen LogP contribution in [-0.4, -0.2) is 12.6 Å². The van der Waals surface area contributed by atoms with Crippen LogP contribution in [0.4, 0.5) is 0 Å². The molecule has 0 amide bonds. The van der Waals surface area contributed by atoms with Gasteiger partial charge >= 0.3 is 5.97 Å². The van der Waals surface area contributed by atoms with Crippen LogP contribution in [0.5, 0.6) is 5.75 Å². The minimum atomic E-state index is -0.330. The molecule has 3 heteroatoms. The number of carbonyl (C=O) groups excluding carboxylic acids is 1. The summed E-state index contributed by atoms with van der Waals surface area (Å²) >= 11 is 0. The van der Waals surface area contributed by atoms with Gasteiger partial charge in [-0.1, -0.05) is 81.3 Å². The lowest BCUT2D eigenvalue weighted by Gasteiger charge is -2.14. The molecule has 0 fully saturated rings. The van der Waals surface area contributed by atoms with E-state index in [4.69, 9.17) is 9.47 Å². The average Bonchev–Trinajstić information content (AvgIpc) is 2.81. The van der Waals surface area contributed by atoms with E-state index in [2.05, 4.69) is 45.0 Å². The van der Waals surface area contributed by atoms with E-state index in [0.717, 1.165) is 49.0 Å². The van der Waals surface area contributed by atoms with Crippen molar-refractivity contribution in [3.63, 3.8) is 0 Å². The number of hydrogen-bond donors (Lipinski definition) is 0. The van der Waals surface area contributed by atoms with Crippen molar-refractivity contribution in [3.8, 4) is 16.9 Å². The summed E-state index contributed by atoms with van der Waals surface area (Å²) in [6.45, 7) is 7.16. The summed E-state index contributed by atoms with van der Waals surface area (Å²) in [7, 11) is 0. The number of unbranched alkanes of at least 4 members (excludes halogenated alkanes) is 1. The van der Waals surface area contributed by atoms with E-state index >= 15 is 0 Å². The predicted octanol–water partition coefficient (Wildman–Crippen LogP) is 7.40. The molecule has 0 aliphatic carbocycles. The number of aryl methyl sites for hydroxylation is 1. The number of hydrogen-bond acceptors (Lipinski definition) is 3. The van der Waals surface area contributed by atoms with E-state index in [9.17, 15) is 4.79 Å². The zero-order chi connectivity index (χ0) is 22.1. The highest BCUT2D eigenvalue weighted by molar-refractivity contribution is 5.91. The Hall–Kier alpha value is -2.91. The predicted molar refractivity (Wildman–Crippen MR) is 127 cm³/mol. The summed E-state index contributed by atoms with van der Waals surface area (Å²) in [5.74, 6) is 0.313. The Morgan fingerprint density at radius 1 is 0.839 bits per heavy atom. The number of rotatable bonds is 10. The lowest BCUT2D eigenvalue weighted by molar-refractivity contribution is 0.0637. The van der Waals surface area contributed by atoms with Gasteiger partial charge in [-0.25, -0.2) is 4.79 Å². The average molecular weight is 417 g/mol. The van der Waals surface area contributed by atoms with Gasteiger partial charge in [-0.2, -0.15) is 0 Å². The molecular formula is C28H32O3. The van der Waals surface area contributed by atoms with Gasteiger partial charge in [-0.3, -0.25) is 0 Å². The standard InChI is InChI=1S/C28H32O3/c1-4-6-20-30-21(3)22-12-14-23(15-13-22)24-16-18-26(19-17-24)28(29)31-27-11-8-7-10-25(27)9-5-2/h7-8,10-19,21H,4-6,9,20H2,1-3H3. The molecule has 0 saturated heterocycles. The first kappa shape index (κ1) is 22.8. The maximum absolute atomic E-state index is 12.6. The number of benzene rings is 3. The Morgan fingerprint density at radius 3 is 2.13 bits per heavy atom. The molecule has 0 saturated carbocycles. The normalized spacial score (nSPS) is 11.8. The van der Waals surface area contributed by atoms with Crippen LogP contribution in [0.1, 0.15) is 67.6 Å². The summed E-state index contributed by atoms with van der Waals surface area (Å²) in [6, 6.07) is 23.7.